The van der Waals surface area contributed by atoms with Crippen molar-refractivity contribution in [2.75, 3.05) is 159 Å². The highest BCUT2D eigenvalue weighted by Gasteiger charge is 2.35. The van der Waals surface area contributed by atoms with E-state index in [4.69, 9.17) is 42.6 Å². The second kappa shape index (κ2) is 43.3. The SMILES string of the molecule is Cc1ccc(C(=O)Cc2ccc(CN3CCN(C)CC3)c(C(F)(F)F)c2)cc1C#Cc1cnc2cc(OCCOCCOCCOCCOCCOCCOCCNC(=O)c3ccc(C=O)c(C(=O)NCCOCCOCCCC(=O)c4cccc(-c5cc(Cc6ccc(OC(F)(F)F)cc6)ncn5)c4)c3)cnn12. The van der Waals surface area contributed by atoms with Gasteiger partial charge in [-0.15, -0.1) is 13.2 Å². The maximum absolute atomic E-state index is 14.2. The van der Waals surface area contributed by atoms with Crippen molar-refractivity contribution in [3.05, 3.63) is 207 Å². The second-order valence-corrected chi connectivity index (χ2v) is 25.1. The van der Waals surface area contributed by atoms with Crippen molar-refractivity contribution in [1.29, 1.82) is 0 Å². The van der Waals surface area contributed by atoms with Gasteiger partial charge in [0, 0.05) is 117 Å². The fourth-order valence-electron chi connectivity index (χ4n) is 11.2. The number of rotatable bonds is 45. The molecule has 8 aromatic rings. The van der Waals surface area contributed by atoms with Gasteiger partial charge in [0.2, 0.25) is 0 Å². The van der Waals surface area contributed by atoms with Crippen LogP contribution in [0.3, 0.4) is 0 Å². The summed E-state index contributed by atoms with van der Waals surface area (Å²) in [6.45, 7) is 10.5. The molecule has 1 saturated heterocycles. The lowest BCUT2D eigenvalue weighted by Crippen LogP contribution is -2.44. The van der Waals surface area contributed by atoms with E-state index < -0.39 is 29.9 Å². The smallest absolute Gasteiger partial charge is 0.489 e. The molecule has 0 radical (unpaired) electrons. The highest BCUT2D eigenvalue weighted by Crippen LogP contribution is 2.34. The van der Waals surface area contributed by atoms with Gasteiger partial charge in [-0.25, -0.2) is 19.5 Å². The Kier molecular flexibility index (Phi) is 33.0. The van der Waals surface area contributed by atoms with E-state index in [1.54, 1.807) is 71.5 Å². The number of carbonyl (C=O) groups excluding carboxylic acids is 5. The van der Waals surface area contributed by atoms with Crippen molar-refractivity contribution in [2.24, 2.45) is 0 Å². The van der Waals surface area contributed by atoms with Gasteiger partial charge < -0.3 is 62.9 Å². The zero-order valence-corrected chi connectivity index (χ0v) is 60.6. The molecule has 1 aliphatic rings. The Balaban J connectivity index is 0.534. The van der Waals surface area contributed by atoms with Gasteiger partial charge in [0.15, 0.2) is 23.5 Å². The van der Waals surface area contributed by atoms with Crippen LogP contribution in [0.25, 0.3) is 16.9 Å². The number of fused-ring (bicyclic) bond motifs is 1. The van der Waals surface area contributed by atoms with Crippen LogP contribution in [0.15, 0.2) is 134 Å². The number of nitrogens with one attached hydrogen (secondary N) is 2. The summed E-state index contributed by atoms with van der Waals surface area (Å²) >= 11 is 0. The molecular weight excluding hydrogens is 1430 g/mol. The van der Waals surface area contributed by atoms with Gasteiger partial charge in [-0.3, -0.25) is 28.9 Å². The van der Waals surface area contributed by atoms with Crippen LogP contribution >= 0.6 is 0 Å². The molecule has 1 aliphatic heterocycles. The number of imidazole rings is 1. The molecule has 3 aromatic heterocycles. The molecule has 0 bridgehead atoms. The number of ketones is 2. The van der Waals surface area contributed by atoms with E-state index in [0.29, 0.717) is 156 Å². The van der Waals surface area contributed by atoms with E-state index in [1.165, 1.54) is 54.9 Å². The lowest BCUT2D eigenvalue weighted by molar-refractivity contribution is -0.274. The fraction of sp³-hybridized carbons (Fsp3) is 0.405. The minimum Gasteiger partial charge on any atom is -0.489 e. The fourth-order valence-corrected chi connectivity index (χ4v) is 11.2. The Morgan fingerprint density at radius 3 is 1.83 bits per heavy atom. The predicted octanol–water partition coefficient (Wildman–Crippen LogP) is 9.72. The minimum atomic E-state index is -4.78. The molecule has 0 atom stereocenters. The molecule has 0 aliphatic carbocycles. The van der Waals surface area contributed by atoms with Gasteiger partial charge in [-0.05, 0) is 97.1 Å². The zero-order valence-electron chi connectivity index (χ0n) is 60.6. The number of nitrogens with zero attached hydrogens (tertiary/aromatic N) is 7. The highest BCUT2D eigenvalue weighted by molar-refractivity contribution is 6.04. The maximum atomic E-state index is 14.2. The summed E-state index contributed by atoms with van der Waals surface area (Å²) in [5.41, 5.74) is 5.97. The monoisotopic (exact) mass is 1520 g/mol. The Morgan fingerprint density at radius 1 is 0.569 bits per heavy atom. The maximum Gasteiger partial charge on any atom is 0.573 e. The number of piperazine rings is 1. The van der Waals surface area contributed by atoms with Gasteiger partial charge in [0.05, 0.1) is 128 Å². The number of hydrogen-bond donors (Lipinski definition) is 2. The van der Waals surface area contributed by atoms with E-state index in [9.17, 15) is 50.3 Å². The summed E-state index contributed by atoms with van der Waals surface area (Å²) in [6.07, 6.45) is -3.45. The first-order chi connectivity index (χ1) is 52.7. The third kappa shape index (κ3) is 28.2. The van der Waals surface area contributed by atoms with Crippen LogP contribution in [0.2, 0.25) is 0 Å². The highest BCUT2D eigenvalue weighted by atomic mass is 19.4. The standard InChI is InChI=1S/C79H87F6N9O15/c1-56-8-12-62(74(97)45-58-9-13-64(71(44-58)78(80,81)82)53-93-24-22-92(2)23-25-93)46-59(56)16-17-67-51-88-75-50-69(52-91-94(67)75)108-42-41-107-40-39-106-38-37-105-36-35-104-34-33-103-32-31-101-27-20-86-76(98)63-14-15-65(54-95)70(48-63)77(99)87-21-28-102-30-29-100-26-4-7-73(96)61-6-3-5-60(47-61)72-49-66(89-55-90-72)43-57-10-18-68(19-11-57)109-79(83,84)85/h3,5-6,8-15,18-19,44,46-52,54-55H,4,7,20-43,45,53H2,1-2H3,(H,86,98)(H,87,99). The van der Waals surface area contributed by atoms with Crippen molar-refractivity contribution in [1.82, 2.24) is 45.0 Å². The van der Waals surface area contributed by atoms with Crippen molar-refractivity contribution in [3.63, 3.8) is 0 Å². The van der Waals surface area contributed by atoms with Gasteiger partial charge in [0.25, 0.3) is 11.8 Å². The molecule has 0 unspecified atom stereocenters. The average molecular weight is 1520 g/mol. The Morgan fingerprint density at radius 2 is 1.18 bits per heavy atom. The number of benzene rings is 5. The molecule has 4 heterocycles. The van der Waals surface area contributed by atoms with Gasteiger partial charge >= 0.3 is 12.5 Å². The molecule has 2 N–H and O–H groups in total. The third-order valence-electron chi connectivity index (χ3n) is 17.0. The Hall–Kier alpha value is -9.91. The first kappa shape index (κ1) is 83.1. The number of ether oxygens (including phenoxy) is 10. The summed E-state index contributed by atoms with van der Waals surface area (Å²) in [6, 6.07) is 29.5. The van der Waals surface area contributed by atoms with E-state index in [1.807, 2.05) is 24.9 Å². The topological polar surface area (TPSA) is 264 Å². The molecule has 30 heteroatoms. The quantitative estimate of drug-likeness (QED) is 0.0118. The number of likely N-dealkylation sites (N-methyl/N-ethyl adjacent to an activating group) is 1. The normalized spacial score (nSPS) is 12.7. The number of hydrogen-bond acceptors (Lipinski definition) is 21. The Labute approximate surface area is 627 Å². The predicted molar refractivity (Wildman–Crippen MR) is 388 cm³/mol. The number of aromatic nitrogens is 5. The molecule has 24 nitrogen and oxygen atoms in total. The number of carbonyl (C=O) groups is 5. The number of amides is 2. The number of Topliss-reactive ketones (excluding diaryl/α,β-unsaturated/α-hetero) is 2. The van der Waals surface area contributed by atoms with Crippen molar-refractivity contribution in [2.45, 2.75) is 51.7 Å². The molecule has 9 rings (SSSR count). The van der Waals surface area contributed by atoms with Crippen molar-refractivity contribution < 1.29 is 97.7 Å². The first-order valence-electron chi connectivity index (χ1n) is 35.5. The zero-order chi connectivity index (χ0) is 77.2. The molecule has 0 saturated carbocycles. The number of aryl methyl sites for hydroxylation is 1. The van der Waals surface area contributed by atoms with Crippen LogP contribution < -0.4 is 20.1 Å². The molecule has 2 amide bonds. The van der Waals surface area contributed by atoms with E-state index >= 15 is 0 Å². The molecule has 0 spiro atoms. The van der Waals surface area contributed by atoms with E-state index in [0.717, 1.165) is 30.3 Å². The molecule has 1 fully saturated rings. The van der Waals surface area contributed by atoms with Crippen LogP contribution in [-0.4, -0.2) is 229 Å². The van der Waals surface area contributed by atoms with Gasteiger partial charge in [-0.2, -0.15) is 18.3 Å². The summed E-state index contributed by atoms with van der Waals surface area (Å²) in [5, 5.41) is 9.88. The van der Waals surface area contributed by atoms with Crippen molar-refractivity contribution in [3.8, 4) is 34.6 Å². The number of halogens is 6. The molecule has 580 valence electrons. The van der Waals surface area contributed by atoms with Gasteiger partial charge in [0.1, 0.15) is 30.1 Å². The second-order valence-electron chi connectivity index (χ2n) is 25.1. The van der Waals surface area contributed by atoms with Crippen molar-refractivity contribution >= 4 is 35.3 Å². The molecule has 5 aromatic carbocycles. The first-order valence-corrected chi connectivity index (χ1v) is 35.5. The van der Waals surface area contributed by atoms with Crippen LogP contribution in [0.4, 0.5) is 26.3 Å². The summed E-state index contributed by atoms with van der Waals surface area (Å²) < 4.78 is 136. The van der Waals surface area contributed by atoms with Crippen LogP contribution in [0.1, 0.15) is 109 Å². The van der Waals surface area contributed by atoms with Crippen LogP contribution in [-0.2, 0) is 63.5 Å². The van der Waals surface area contributed by atoms with Crippen LogP contribution in [0.5, 0.6) is 11.5 Å². The number of aldehydes is 1. The van der Waals surface area contributed by atoms with Gasteiger partial charge in [-0.1, -0.05) is 66.6 Å². The lowest BCUT2D eigenvalue weighted by Gasteiger charge is -2.33. The van der Waals surface area contributed by atoms with Crippen LogP contribution in [0, 0.1) is 18.8 Å². The Bertz CT molecular complexity index is 4340. The molecule has 109 heavy (non-hydrogen) atoms. The minimum absolute atomic E-state index is 0.0301. The summed E-state index contributed by atoms with van der Waals surface area (Å²) in [7, 11) is 1.99. The summed E-state index contributed by atoms with van der Waals surface area (Å²) in [5.74, 6) is 4.93. The third-order valence-corrected chi connectivity index (χ3v) is 17.0. The largest absolute Gasteiger partial charge is 0.573 e. The number of alkyl halides is 6. The summed E-state index contributed by atoms with van der Waals surface area (Å²) in [4.78, 5) is 81.5. The average Bonchev–Trinajstić information content (AvgIpc) is 1.67. The van der Waals surface area contributed by atoms with E-state index in [-0.39, 0.29) is 117 Å². The molecular formula is C79H87F6N9O15. The van der Waals surface area contributed by atoms with E-state index in [2.05, 4.69) is 52.2 Å². The lowest BCUT2D eigenvalue weighted by atomic mass is 9.96.